The number of rotatable bonds is 2. The summed E-state index contributed by atoms with van der Waals surface area (Å²) < 4.78 is 15.6. The Morgan fingerprint density at radius 2 is 1.93 bits per heavy atom. The van der Waals surface area contributed by atoms with Crippen molar-refractivity contribution in [2.24, 2.45) is 17.3 Å². The van der Waals surface area contributed by atoms with Crippen LogP contribution in [0.5, 0.6) is 0 Å². The molecule has 2 rings (SSSR count). The second-order valence-electron chi connectivity index (χ2n) is 4.46. The lowest BCUT2D eigenvalue weighted by Crippen LogP contribution is -2.15. The standard InChI is InChI=1S/C10H16O4/c1-10(2)6(8(11)12-3)7(10)9-13-4-5-14-9/h6-7,9H,4-5H2,1-3H3. The van der Waals surface area contributed by atoms with Gasteiger partial charge in [0.25, 0.3) is 0 Å². The van der Waals surface area contributed by atoms with Gasteiger partial charge in [-0.3, -0.25) is 4.79 Å². The molecule has 14 heavy (non-hydrogen) atoms. The molecule has 1 aliphatic heterocycles. The van der Waals surface area contributed by atoms with Crippen LogP contribution in [0.2, 0.25) is 0 Å². The average Bonchev–Trinajstić information content (AvgIpc) is 2.58. The van der Waals surface area contributed by atoms with Gasteiger partial charge in [0.05, 0.1) is 26.2 Å². The molecule has 0 aromatic rings. The summed E-state index contributed by atoms with van der Waals surface area (Å²) >= 11 is 0. The minimum atomic E-state index is -0.214. The van der Waals surface area contributed by atoms with Crippen molar-refractivity contribution in [1.82, 2.24) is 0 Å². The largest absolute Gasteiger partial charge is 0.469 e. The van der Waals surface area contributed by atoms with Gasteiger partial charge in [-0.1, -0.05) is 13.8 Å². The van der Waals surface area contributed by atoms with Crippen LogP contribution in [-0.2, 0) is 19.0 Å². The fourth-order valence-electron chi connectivity index (χ4n) is 2.35. The van der Waals surface area contributed by atoms with Crippen molar-refractivity contribution < 1.29 is 19.0 Å². The molecule has 0 radical (unpaired) electrons. The summed E-state index contributed by atoms with van der Waals surface area (Å²) in [6, 6.07) is 0. The van der Waals surface area contributed by atoms with E-state index in [4.69, 9.17) is 14.2 Å². The molecule has 0 amide bonds. The highest BCUT2D eigenvalue weighted by Gasteiger charge is 2.67. The van der Waals surface area contributed by atoms with Crippen LogP contribution >= 0.6 is 0 Å². The van der Waals surface area contributed by atoms with E-state index in [1.807, 2.05) is 13.8 Å². The summed E-state index contributed by atoms with van der Waals surface area (Å²) in [5.41, 5.74) is -0.0535. The Morgan fingerprint density at radius 3 is 2.43 bits per heavy atom. The van der Waals surface area contributed by atoms with Crippen molar-refractivity contribution in [2.45, 2.75) is 20.1 Å². The number of hydrogen-bond acceptors (Lipinski definition) is 4. The van der Waals surface area contributed by atoms with Crippen molar-refractivity contribution in [2.75, 3.05) is 20.3 Å². The fraction of sp³-hybridized carbons (Fsp3) is 0.900. The second-order valence-corrected chi connectivity index (χ2v) is 4.46. The first-order valence-electron chi connectivity index (χ1n) is 4.90. The maximum Gasteiger partial charge on any atom is 0.309 e. The van der Waals surface area contributed by atoms with Gasteiger partial charge < -0.3 is 14.2 Å². The quantitative estimate of drug-likeness (QED) is 0.619. The third-order valence-corrected chi connectivity index (χ3v) is 3.31. The lowest BCUT2D eigenvalue weighted by Gasteiger charge is -2.09. The van der Waals surface area contributed by atoms with Crippen LogP contribution < -0.4 is 0 Å². The minimum absolute atomic E-state index is 0.0535. The van der Waals surface area contributed by atoms with Crippen molar-refractivity contribution >= 4 is 5.97 Å². The Hall–Kier alpha value is -0.610. The normalized spacial score (nSPS) is 35.6. The lowest BCUT2D eigenvalue weighted by molar-refractivity contribution is -0.144. The number of carbonyl (C=O) groups excluding carboxylic acids is 1. The topological polar surface area (TPSA) is 44.8 Å². The zero-order valence-electron chi connectivity index (χ0n) is 8.78. The summed E-state index contributed by atoms with van der Waals surface area (Å²) in [6.07, 6.45) is -0.214. The summed E-state index contributed by atoms with van der Waals surface area (Å²) in [5.74, 6) is -0.0767. The molecule has 0 aromatic carbocycles. The van der Waals surface area contributed by atoms with Gasteiger partial charge in [0, 0.05) is 5.92 Å². The van der Waals surface area contributed by atoms with Crippen LogP contribution in [0, 0.1) is 17.3 Å². The molecule has 1 aliphatic carbocycles. The molecule has 2 atom stereocenters. The molecule has 0 spiro atoms. The van der Waals surface area contributed by atoms with Gasteiger partial charge in [-0.2, -0.15) is 0 Å². The van der Waals surface area contributed by atoms with Gasteiger partial charge in [-0.15, -0.1) is 0 Å². The lowest BCUT2D eigenvalue weighted by atomic mass is 10.1. The van der Waals surface area contributed by atoms with Gasteiger partial charge in [0.15, 0.2) is 6.29 Å². The van der Waals surface area contributed by atoms with E-state index >= 15 is 0 Å². The number of hydrogen-bond donors (Lipinski definition) is 0. The second kappa shape index (κ2) is 3.21. The van der Waals surface area contributed by atoms with E-state index in [1.165, 1.54) is 7.11 Å². The fourth-order valence-corrected chi connectivity index (χ4v) is 2.35. The molecule has 0 N–H and O–H groups in total. The summed E-state index contributed by atoms with van der Waals surface area (Å²) in [6.45, 7) is 5.35. The first-order valence-corrected chi connectivity index (χ1v) is 4.90. The van der Waals surface area contributed by atoms with Crippen molar-refractivity contribution in [3.05, 3.63) is 0 Å². The van der Waals surface area contributed by atoms with Crippen LogP contribution in [0.4, 0.5) is 0 Å². The first kappa shape index (κ1) is 9.93. The number of methoxy groups -OCH3 is 1. The highest BCUT2D eigenvalue weighted by atomic mass is 16.7. The van der Waals surface area contributed by atoms with E-state index in [0.717, 1.165) is 0 Å². The van der Waals surface area contributed by atoms with E-state index in [-0.39, 0.29) is 29.5 Å². The Balaban J connectivity index is 2.03. The van der Waals surface area contributed by atoms with Crippen LogP contribution in [-0.4, -0.2) is 32.6 Å². The molecule has 2 aliphatic rings. The van der Waals surface area contributed by atoms with Crippen LogP contribution in [0.15, 0.2) is 0 Å². The molecule has 1 saturated heterocycles. The highest BCUT2D eigenvalue weighted by Crippen LogP contribution is 2.61. The van der Waals surface area contributed by atoms with E-state index in [2.05, 4.69) is 0 Å². The third-order valence-electron chi connectivity index (χ3n) is 3.31. The molecule has 1 saturated carbocycles. The molecule has 1 heterocycles. The molecule has 2 unspecified atom stereocenters. The predicted octanol–water partition coefficient (Wildman–Crippen LogP) is 0.804. The average molecular weight is 200 g/mol. The van der Waals surface area contributed by atoms with E-state index in [1.54, 1.807) is 0 Å². The third kappa shape index (κ3) is 1.33. The van der Waals surface area contributed by atoms with Gasteiger partial charge in [-0.25, -0.2) is 0 Å². The summed E-state index contributed by atoms with van der Waals surface area (Å²) in [7, 11) is 1.42. The Bertz CT molecular complexity index is 243. The minimum Gasteiger partial charge on any atom is -0.469 e. The van der Waals surface area contributed by atoms with Gasteiger partial charge in [0.2, 0.25) is 0 Å². The van der Waals surface area contributed by atoms with Crippen LogP contribution in [0.3, 0.4) is 0 Å². The van der Waals surface area contributed by atoms with E-state index < -0.39 is 0 Å². The van der Waals surface area contributed by atoms with Crippen molar-refractivity contribution in [1.29, 1.82) is 0 Å². The molecule has 4 heteroatoms. The zero-order valence-corrected chi connectivity index (χ0v) is 8.78. The Kier molecular flexibility index (Phi) is 2.27. The molecule has 0 aromatic heterocycles. The van der Waals surface area contributed by atoms with Gasteiger partial charge >= 0.3 is 5.97 Å². The number of carbonyl (C=O) groups is 1. The number of esters is 1. The predicted molar refractivity (Wildman–Crippen MR) is 48.5 cm³/mol. The smallest absolute Gasteiger partial charge is 0.309 e. The Morgan fingerprint density at radius 1 is 1.36 bits per heavy atom. The first-order chi connectivity index (χ1) is 6.59. The van der Waals surface area contributed by atoms with Gasteiger partial charge in [0.1, 0.15) is 0 Å². The van der Waals surface area contributed by atoms with Crippen molar-refractivity contribution in [3.8, 4) is 0 Å². The molecule has 4 nitrogen and oxygen atoms in total. The monoisotopic (exact) mass is 200 g/mol. The van der Waals surface area contributed by atoms with Gasteiger partial charge in [-0.05, 0) is 5.41 Å². The molecular weight excluding hydrogens is 184 g/mol. The SMILES string of the molecule is COC(=O)C1C(C2OCCO2)C1(C)C. The summed E-state index contributed by atoms with van der Waals surface area (Å²) in [4.78, 5) is 11.4. The molecule has 0 bridgehead atoms. The maximum atomic E-state index is 11.4. The van der Waals surface area contributed by atoms with Crippen LogP contribution in [0.1, 0.15) is 13.8 Å². The molecule has 80 valence electrons. The molecular formula is C10H16O4. The maximum absolute atomic E-state index is 11.4. The zero-order chi connectivity index (χ0) is 10.3. The van der Waals surface area contributed by atoms with Crippen LogP contribution in [0.25, 0.3) is 0 Å². The highest BCUT2D eigenvalue weighted by molar-refractivity contribution is 5.77. The Labute approximate surface area is 83.5 Å². The molecule has 2 fully saturated rings. The number of ether oxygens (including phenoxy) is 3. The van der Waals surface area contributed by atoms with E-state index in [0.29, 0.717) is 13.2 Å². The summed E-state index contributed by atoms with van der Waals surface area (Å²) in [5, 5.41) is 0. The van der Waals surface area contributed by atoms with Crippen molar-refractivity contribution in [3.63, 3.8) is 0 Å². The van der Waals surface area contributed by atoms with E-state index in [9.17, 15) is 4.79 Å².